The van der Waals surface area contributed by atoms with E-state index in [2.05, 4.69) is 40.7 Å². The number of carbonyl (C=O) groups is 1. The summed E-state index contributed by atoms with van der Waals surface area (Å²) in [5.41, 5.74) is 2.60. The lowest BCUT2D eigenvalue weighted by atomic mass is 9.96. The average molecular weight is 393 g/mol. The summed E-state index contributed by atoms with van der Waals surface area (Å²) in [6, 6.07) is 15.0. The van der Waals surface area contributed by atoms with Gasteiger partial charge in [-0.15, -0.1) is 0 Å². The molecule has 1 fully saturated rings. The zero-order chi connectivity index (χ0) is 20.2. The highest BCUT2D eigenvalue weighted by Crippen LogP contribution is 2.30. The number of nitrogens with zero attached hydrogens (tertiary/aromatic N) is 3. The van der Waals surface area contributed by atoms with Crippen LogP contribution in [0.15, 0.2) is 48.5 Å². The molecular formula is C23H27N3O3. The van der Waals surface area contributed by atoms with Crippen LogP contribution in [0.2, 0.25) is 0 Å². The Kier molecular flexibility index (Phi) is 5.81. The molecule has 4 rings (SSSR count). The minimum Gasteiger partial charge on any atom is -0.492 e. The smallest absolute Gasteiger partial charge is 0.335 e. The van der Waals surface area contributed by atoms with Crippen molar-refractivity contribution in [3.63, 3.8) is 0 Å². The summed E-state index contributed by atoms with van der Waals surface area (Å²) in [5.74, 6) is 1.52. The highest BCUT2D eigenvalue weighted by atomic mass is 16.5. The SMILES string of the molecule is CCn1c(C2CCN(CCOc3ccc(C(=O)O)cc3)CC2)nc2ccccc21. The van der Waals surface area contributed by atoms with Crippen LogP contribution in [0.3, 0.4) is 0 Å². The maximum atomic E-state index is 10.9. The Balaban J connectivity index is 1.29. The van der Waals surface area contributed by atoms with Crippen LogP contribution in [-0.4, -0.2) is 51.8 Å². The molecule has 6 nitrogen and oxygen atoms in total. The van der Waals surface area contributed by atoms with Crippen LogP contribution in [0.25, 0.3) is 11.0 Å². The van der Waals surface area contributed by atoms with Gasteiger partial charge in [0.05, 0.1) is 16.6 Å². The number of carboxylic acid groups (broad SMARTS) is 1. The lowest BCUT2D eigenvalue weighted by molar-refractivity contribution is 0.0697. The summed E-state index contributed by atoms with van der Waals surface area (Å²) in [6.07, 6.45) is 2.22. The number of para-hydroxylation sites is 2. The van der Waals surface area contributed by atoms with Gasteiger partial charge in [0.15, 0.2) is 0 Å². The van der Waals surface area contributed by atoms with Crippen molar-refractivity contribution >= 4 is 17.0 Å². The molecule has 0 unspecified atom stereocenters. The highest BCUT2D eigenvalue weighted by molar-refractivity contribution is 5.87. The molecule has 1 saturated heterocycles. The fraction of sp³-hybridized carbons (Fsp3) is 0.391. The van der Waals surface area contributed by atoms with Gasteiger partial charge < -0.3 is 14.4 Å². The average Bonchev–Trinajstić information content (AvgIpc) is 3.13. The molecule has 0 amide bonds. The van der Waals surface area contributed by atoms with Gasteiger partial charge in [0.2, 0.25) is 0 Å². The van der Waals surface area contributed by atoms with Gasteiger partial charge in [0.1, 0.15) is 18.2 Å². The largest absolute Gasteiger partial charge is 0.492 e. The van der Waals surface area contributed by atoms with Crippen molar-refractivity contribution < 1.29 is 14.6 Å². The molecule has 1 aliphatic rings. The first kappa shape index (κ1) is 19.5. The molecule has 0 atom stereocenters. The molecule has 0 saturated carbocycles. The van der Waals surface area contributed by atoms with Crippen molar-refractivity contribution in [2.24, 2.45) is 0 Å². The van der Waals surface area contributed by atoms with E-state index in [0.717, 1.165) is 44.5 Å². The van der Waals surface area contributed by atoms with E-state index < -0.39 is 5.97 Å². The van der Waals surface area contributed by atoms with E-state index in [1.807, 2.05) is 0 Å². The van der Waals surface area contributed by atoms with Crippen molar-refractivity contribution in [2.75, 3.05) is 26.2 Å². The molecule has 2 heterocycles. The first-order valence-corrected chi connectivity index (χ1v) is 10.3. The number of carboxylic acids is 1. The molecule has 1 N–H and O–H groups in total. The number of aromatic carboxylic acids is 1. The number of ether oxygens (including phenoxy) is 1. The minimum atomic E-state index is -0.920. The third kappa shape index (κ3) is 4.27. The number of imidazole rings is 1. The van der Waals surface area contributed by atoms with Crippen LogP contribution in [-0.2, 0) is 6.54 Å². The van der Waals surface area contributed by atoms with Gasteiger partial charge in [-0.2, -0.15) is 0 Å². The number of hydrogen-bond donors (Lipinski definition) is 1. The van der Waals surface area contributed by atoms with Crippen molar-refractivity contribution in [2.45, 2.75) is 32.2 Å². The van der Waals surface area contributed by atoms with Gasteiger partial charge in [0.25, 0.3) is 0 Å². The Morgan fingerprint density at radius 3 is 2.55 bits per heavy atom. The number of hydrogen-bond acceptors (Lipinski definition) is 4. The van der Waals surface area contributed by atoms with Crippen LogP contribution in [0.4, 0.5) is 0 Å². The van der Waals surface area contributed by atoms with Crippen molar-refractivity contribution in [1.29, 1.82) is 0 Å². The molecule has 6 heteroatoms. The minimum absolute atomic E-state index is 0.275. The van der Waals surface area contributed by atoms with Crippen molar-refractivity contribution in [3.05, 3.63) is 59.9 Å². The van der Waals surface area contributed by atoms with Crippen LogP contribution < -0.4 is 4.74 Å². The number of fused-ring (bicyclic) bond motifs is 1. The van der Waals surface area contributed by atoms with E-state index in [1.165, 1.54) is 11.3 Å². The van der Waals surface area contributed by atoms with Crippen LogP contribution in [0, 0.1) is 0 Å². The van der Waals surface area contributed by atoms with E-state index in [1.54, 1.807) is 24.3 Å². The monoisotopic (exact) mass is 393 g/mol. The number of aryl methyl sites for hydroxylation is 1. The Morgan fingerprint density at radius 2 is 1.86 bits per heavy atom. The molecule has 2 aromatic carbocycles. The standard InChI is InChI=1S/C23H27N3O3/c1-2-26-21-6-4-3-5-20(21)24-22(26)17-11-13-25(14-12-17)15-16-29-19-9-7-18(8-10-19)23(27)28/h3-10,17H,2,11-16H2,1H3,(H,27,28). The van der Waals surface area contributed by atoms with Gasteiger partial charge >= 0.3 is 5.97 Å². The van der Waals surface area contributed by atoms with Gasteiger partial charge in [-0.3, -0.25) is 4.90 Å². The quantitative estimate of drug-likeness (QED) is 0.657. The summed E-state index contributed by atoms with van der Waals surface area (Å²) in [5, 5.41) is 8.95. The molecule has 0 radical (unpaired) electrons. The molecule has 1 aliphatic heterocycles. The van der Waals surface area contributed by atoms with Crippen LogP contribution >= 0.6 is 0 Å². The van der Waals surface area contributed by atoms with Gasteiger partial charge in [-0.05, 0) is 69.3 Å². The van der Waals surface area contributed by atoms with E-state index >= 15 is 0 Å². The summed E-state index contributed by atoms with van der Waals surface area (Å²) in [6.45, 7) is 6.69. The third-order valence-corrected chi connectivity index (χ3v) is 5.73. The second-order valence-electron chi connectivity index (χ2n) is 7.50. The molecule has 0 aliphatic carbocycles. The van der Waals surface area contributed by atoms with Gasteiger partial charge in [-0.25, -0.2) is 9.78 Å². The van der Waals surface area contributed by atoms with E-state index in [-0.39, 0.29) is 5.56 Å². The fourth-order valence-corrected chi connectivity index (χ4v) is 4.14. The number of rotatable bonds is 7. The second-order valence-corrected chi connectivity index (χ2v) is 7.50. The topological polar surface area (TPSA) is 67.6 Å². The van der Waals surface area contributed by atoms with Gasteiger partial charge in [-0.1, -0.05) is 12.1 Å². The van der Waals surface area contributed by atoms with E-state index in [9.17, 15) is 4.79 Å². The third-order valence-electron chi connectivity index (χ3n) is 5.73. The molecule has 3 aromatic rings. The molecule has 29 heavy (non-hydrogen) atoms. The lowest BCUT2D eigenvalue weighted by Crippen LogP contribution is -2.36. The zero-order valence-electron chi connectivity index (χ0n) is 16.8. The Bertz CT molecular complexity index is 973. The first-order valence-electron chi connectivity index (χ1n) is 10.3. The predicted octanol–water partition coefficient (Wildman–Crippen LogP) is 4.01. The summed E-state index contributed by atoms with van der Waals surface area (Å²) in [7, 11) is 0. The van der Waals surface area contributed by atoms with Crippen molar-refractivity contribution in [1.82, 2.24) is 14.5 Å². The lowest BCUT2D eigenvalue weighted by Gasteiger charge is -2.31. The molecular weight excluding hydrogens is 366 g/mol. The molecule has 1 aromatic heterocycles. The van der Waals surface area contributed by atoms with E-state index in [0.29, 0.717) is 18.3 Å². The second kappa shape index (κ2) is 8.66. The zero-order valence-corrected chi connectivity index (χ0v) is 16.8. The number of piperidine rings is 1. The number of aromatic nitrogens is 2. The number of likely N-dealkylation sites (tertiary alicyclic amines) is 1. The highest BCUT2D eigenvalue weighted by Gasteiger charge is 2.25. The molecule has 0 spiro atoms. The van der Waals surface area contributed by atoms with Crippen LogP contribution in [0.5, 0.6) is 5.75 Å². The van der Waals surface area contributed by atoms with Gasteiger partial charge in [0, 0.05) is 19.0 Å². The normalized spacial score (nSPS) is 15.6. The fourth-order valence-electron chi connectivity index (χ4n) is 4.14. The Hall–Kier alpha value is -2.86. The summed E-state index contributed by atoms with van der Waals surface area (Å²) >= 11 is 0. The maximum Gasteiger partial charge on any atom is 0.335 e. The summed E-state index contributed by atoms with van der Waals surface area (Å²) in [4.78, 5) is 18.3. The molecule has 0 bridgehead atoms. The van der Waals surface area contributed by atoms with Crippen LogP contribution in [0.1, 0.15) is 41.9 Å². The Labute approximate surface area is 170 Å². The Morgan fingerprint density at radius 1 is 1.14 bits per heavy atom. The number of benzene rings is 2. The van der Waals surface area contributed by atoms with Crippen molar-refractivity contribution in [3.8, 4) is 5.75 Å². The first-order chi connectivity index (χ1) is 14.2. The maximum absolute atomic E-state index is 10.9. The molecule has 152 valence electrons. The predicted molar refractivity (Wildman–Crippen MR) is 113 cm³/mol. The summed E-state index contributed by atoms with van der Waals surface area (Å²) < 4.78 is 8.14. The van der Waals surface area contributed by atoms with E-state index in [4.69, 9.17) is 14.8 Å².